The lowest BCUT2D eigenvalue weighted by Gasteiger charge is -2.34. The maximum Gasteiger partial charge on any atom is 0.150 e. The van der Waals surface area contributed by atoms with E-state index in [1.807, 2.05) is 12.1 Å². The van der Waals surface area contributed by atoms with E-state index in [0.29, 0.717) is 6.42 Å². The summed E-state index contributed by atoms with van der Waals surface area (Å²) in [6.07, 6.45) is 4.11. The van der Waals surface area contributed by atoms with Crippen molar-refractivity contribution >= 4 is 21.6 Å². The van der Waals surface area contributed by atoms with Crippen molar-refractivity contribution in [2.45, 2.75) is 47.9 Å². The number of fused-ring (bicyclic) bond motifs is 1. The summed E-state index contributed by atoms with van der Waals surface area (Å²) >= 11 is 1.80. The minimum Gasteiger partial charge on any atom is -0.392 e. The number of hydrogen-bond donors (Lipinski definition) is 1. The summed E-state index contributed by atoms with van der Waals surface area (Å²) in [5.74, 6) is 1.16. The molecule has 1 saturated carbocycles. The molecule has 1 aliphatic heterocycles. The van der Waals surface area contributed by atoms with Gasteiger partial charge in [-0.1, -0.05) is 24.6 Å². The monoisotopic (exact) mass is 326 g/mol. The number of hydrogen-bond acceptors (Lipinski definition) is 4. The fourth-order valence-electron chi connectivity index (χ4n) is 3.68. The second-order valence-corrected chi connectivity index (χ2v) is 9.71. The summed E-state index contributed by atoms with van der Waals surface area (Å²) < 4.78 is 23.6. The third kappa shape index (κ3) is 3.15. The van der Waals surface area contributed by atoms with Gasteiger partial charge in [0.1, 0.15) is 9.84 Å². The highest BCUT2D eigenvalue weighted by Gasteiger charge is 2.38. The lowest BCUT2D eigenvalue weighted by molar-refractivity contribution is 0.0675. The lowest BCUT2D eigenvalue weighted by Crippen LogP contribution is -2.36. The average Bonchev–Trinajstić information content (AvgIpc) is 2.90. The number of aliphatic hydroxyl groups is 1. The Labute approximate surface area is 131 Å². The predicted octanol–water partition coefficient (Wildman–Crippen LogP) is 2.84. The number of benzene rings is 1. The van der Waals surface area contributed by atoms with E-state index in [9.17, 15) is 13.5 Å². The number of thioether (sulfide) groups is 1. The van der Waals surface area contributed by atoms with Gasteiger partial charge in [0.25, 0.3) is 0 Å². The van der Waals surface area contributed by atoms with Crippen LogP contribution in [0.5, 0.6) is 0 Å². The minimum absolute atomic E-state index is 0.107. The van der Waals surface area contributed by atoms with Gasteiger partial charge in [-0.15, -0.1) is 11.8 Å². The second kappa shape index (κ2) is 5.94. The molecule has 0 aromatic heterocycles. The predicted molar refractivity (Wildman–Crippen MR) is 86.5 cm³/mol. The second-order valence-electron chi connectivity index (χ2n) is 6.32. The molecule has 1 fully saturated rings. The third-order valence-corrected chi connectivity index (χ3v) is 7.75. The van der Waals surface area contributed by atoms with Crippen LogP contribution < -0.4 is 0 Å². The highest BCUT2D eigenvalue weighted by atomic mass is 32.2. The van der Waals surface area contributed by atoms with Crippen molar-refractivity contribution in [3.63, 3.8) is 0 Å². The molecular weight excluding hydrogens is 304 g/mol. The molecule has 1 aromatic rings. The Morgan fingerprint density at radius 3 is 2.81 bits per heavy atom. The summed E-state index contributed by atoms with van der Waals surface area (Å²) in [7, 11) is -2.99. The number of aliphatic hydroxyl groups excluding tert-OH is 1. The van der Waals surface area contributed by atoms with Crippen LogP contribution in [0.1, 0.15) is 37.2 Å². The van der Waals surface area contributed by atoms with E-state index in [4.69, 9.17) is 0 Å². The van der Waals surface area contributed by atoms with Gasteiger partial charge in [0.15, 0.2) is 0 Å². The zero-order valence-corrected chi connectivity index (χ0v) is 13.9. The van der Waals surface area contributed by atoms with Crippen LogP contribution in [0.25, 0.3) is 0 Å². The standard InChI is InChI=1S/C16H22O3S2/c1-21(18,19)12-6-4-5-11(9-12)16(17)14-10-20-15-8-3-2-7-13(14)15/h2-3,7-8,11-12,14,16-17H,4-6,9-10H2,1H3. The first-order valence-corrected chi connectivity index (χ1v) is 10.5. The van der Waals surface area contributed by atoms with Crippen molar-refractivity contribution < 1.29 is 13.5 Å². The molecule has 116 valence electrons. The Morgan fingerprint density at radius 2 is 2.05 bits per heavy atom. The van der Waals surface area contributed by atoms with Crippen LogP contribution in [0.4, 0.5) is 0 Å². The zero-order chi connectivity index (χ0) is 15.0. The molecule has 0 saturated heterocycles. The van der Waals surface area contributed by atoms with Crippen molar-refractivity contribution in [1.29, 1.82) is 0 Å². The lowest BCUT2D eigenvalue weighted by atomic mass is 9.78. The molecule has 1 heterocycles. The number of sulfone groups is 1. The van der Waals surface area contributed by atoms with Gasteiger partial charge in [-0.3, -0.25) is 0 Å². The molecule has 3 rings (SSSR count). The topological polar surface area (TPSA) is 54.4 Å². The molecule has 1 aromatic carbocycles. The van der Waals surface area contributed by atoms with Crippen LogP contribution in [-0.2, 0) is 9.84 Å². The smallest absolute Gasteiger partial charge is 0.150 e. The molecule has 2 aliphatic rings. The van der Waals surface area contributed by atoms with Gasteiger partial charge >= 0.3 is 0 Å². The van der Waals surface area contributed by atoms with Gasteiger partial charge in [-0.05, 0) is 36.8 Å². The third-order valence-electron chi connectivity index (χ3n) is 4.90. The molecule has 4 atom stereocenters. The molecular formula is C16H22O3S2. The number of rotatable bonds is 3. The Morgan fingerprint density at radius 1 is 1.29 bits per heavy atom. The molecule has 0 amide bonds. The first-order chi connectivity index (χ1) is 9.97. The first kappa shape index (κ1) is 15.4. The van der Waals surface area contributed by atoms with Crippen molar-refractivity contribution in [2.75, 3.05) is 12.0 Å². The summed E-state index contributed by atoms with van der Waals surface area (Å²) in [6, 6.07) is 8.25. The molecule has 1 aliphatic carbocycles. The molecule has 0 bridgehead atoms. The maximum atomic E-state index is 11.8. The SMILES string of the molecule is CS(=O)(=O)C1CCCC(C(O)C2CSc3ccccc32)C1. The maximum absolute atomic E-state index is 11.8. The van der Waals surface area contributed by atoms with Gasteiger partial charge < -0.3 is 5.11 Å². The summed E-state index contributed by atoms with van der Waals surface area (Å²) in [6.45, 7) is 0. The van der Waals surface area contributed by atoms with Crippen LogP contribution in [0, 0.1) is 5.92 Å². The van der Waals surface area contributed by atoms with Crippen LogP contribution in [-0.4, -0.2) is 36.9 Å². The fourth-order valence-corrected chi connectivity index (χ4v) is 6.17. The van der Waals surface area contributed by atoms with Gasteiger partial charge in [0.2, 0.25) is 0 Å². The van der Waals surface area contributed by atoms with E-state index < -0.39 is 15.9 Å². The molecule has 5 heteroatoms. The molecule has 3 nitrogen and oxygen atoms in total. The van der Waals surface area contributed by atoms with E-state index in [1.54, 1.807) is 11.8 Å². The minimum atomic E-state index is -2.99. The normalized spacial score (nSPS) is 30.9. The van der Waals surface area contributed by atoms with Crippen molar-refractivity contribution in [3.8, 4) is 0 Å². The Bertz CT molecular complexity index is 612. The van der Waals surface area contributed by atoms with Crippen molar-refractivity contribution in [2.24, 2.45) is 5.92 Å². The first-order valence-electron chi connectivity index (χ1n) is 7.55. The fraction of sp³-hybridized carbons (Fsp3) is 0.625. The van der Waals surface area contributed by atoms with E-state index in [0.717, 1.165) is 25.0 Å². The van der Waals surface area contributed by atoms with Crippen molar-refractivity contribution in [3.05, 3.63) is 29.8 Å². The summed E-state index contributed by atoms with van der Waals surface area (Å²) in [5, 5.41) is 10.5. The average molecular weight is 326 g/mol. The Hall–Kier alpha value is -0.520. The summed E-state index contributed by atoms with van der Waals surface area (Å²) in [5.41, 5.74) is 1.23. The highest BCUT2D eigenvalue weighted by Crippen LogP contribution is 2.44. The molecule has 1 N–H and O–H groups in total. The van der Waals surface area contributed by atoms with Crippen LogP contribution in [0.2, 0.25) is 0 Å². The van der Waals surface area contributed by atoms with Gasteiger partial charge in [-0.25, -0.2) is 8.42 Å². The molecule has 0 spiro atoms. The zero-order valence-electron chi connectivity index (χ0n) is 12.2. The molecule has 4 unspecified atom stereocenters. The van der Waals surface area contributed by atoms with Gasteiger partial charge in [0, 0.05) is 22.8 Å². The Kier molecular flexibility index (Phi) is 4.35. The highest BCUT2D eigenvalue weighted by molar-refractivity contribution is 7.99. The Balaban J connectivity index is 1.75. The quantitative estimate of drug-likeness (QED) is 0.928. The van der Waals surface area contributed by atoms with E-state index in [1.165, 1.54) is 16.7 Å². The van der Waals surface area contributed by atoms with E-state index in [2.05, 4.69) is 12.1 Å². The largest absolute Gasteiger partial charge is 0.392 e. The molecule has 21 heavy (non-hydrogen) atoms. The van der Waals surface area contributed by atoms with Crippen LogP contribution >= 0.6 is 11.8 Å². The van der Waals surface area contributed by atoms with Crippen molar-refractivity contribution in [1.82, 2.24) is 0 Å². The molecule has 0 radical (unpaired) electrons. The summed E-state index contributed by atoms with van der Waals surface area (Å²) in [4.78, 5) is 1.26. The van der Waals surface area contributed by atoms with Gasteiger partial charge in [0.05, 0.1) is 11.4 Å². The van der Waals surface area contributed by atoms with Crippen LogP contribution in [0.3, 0.4) is 0 Å². The van der Waals surface area contributed by atoms with E-state index >= 15 is 0 Å². The van der Waals surface area contributed by atoms with Crippen LogP contribution in [0.15, 0.2) is 29.2 Å². The van der Waals surface area contributed by atoms with E-state index in [-0.39, 0.29) is 17.1 Å². The van der Waals surface area contributed by atoms with Gasteiger partial charge in [-0.2, -0.15) is 0 Å².